The topological polar surface area (TPSA) is 65.7 Å². The highest BCUT2D eigenvalue weighted by Gasteiger charge is 2.05. The van der Waals surface area contributed by atoms with Gasteiger partial charge >= 0.3 is 0 Å². The lowest BCUT2D eigenvalue weighted by Gasteiger charge is -2.12. The van der Waals surface area contributed by atoms with Gasteiger partial charge in [0.05, 0.1) is 20.3 Å². The van der Waals surface area contributed by atoms with Crippen molar-refractivity contribution in [2.45, 2.75) is 6.42 Å². The molecule has 118 valence electrons. The highest BCUT2D eigenvalue weighted by Crippen LogP contribution is 2.28. The number of nitrogens with one attached hydrogen (secondary N) is 1. The third-order valence-corrected chi connectivity index (χ3v) is 2.84. The maximum Gasteiger partial charge on any atom is 0.161 e. The molecule has 0 fully saturated rings. The van der Waals surface area contributed by atoms with Crippen LogP contribution in [-0.2, 0) is 11.2 Å². The minimum absolute atomic E-state index is 0.494. The van der Waals surface area contributed by atoms with Gasteiger partial charge < -0.3 is 25.3 Å². The second kappa shape index (κ2) is 11.1. The van der Waals surface area contributed by atoms with E-state index in [4.69, 9.17) is 19.9 Å². The molecule has 0 unspecified atom stereocenters. The molecule has 0 saturated carbocycles. The van der Waals surface area contributed by atoms with E-state index < -0.39 is 0 Å². The third kappa shape index (κ3) is 7.13. The molecule has 0 heterocycles. The predicted octanol–water partition coefficient (Wildman–Crippen LogP) is 1.37. The summed E-state index contributed by atoms with van der Waals surface area (Å²) >= 11 is 0. The van der Waals surface area contributed by atoms with Crippen LogP contribution in [-0.4, -0.2) is 46.6 Å². The van der Waals surface area contributed by atoms with Crippen LogP contribution in [0, 0.1) is 0 Å². The van der Waals surface area contributed by atoms with Gasteiger partial charge in [0.15, 0.2) is 11.5 Å². The smallest absolute Gasteiger partial charge is 0.161 e. The first-order valence-corrected chi connectivity index (χ1v) is 7.21. The summed E-state index contributed by atoms with van der Waals surface area (Å²) in [6.07, 6.45) is 2.68. The van der Waals surface area contributed by atoms with Gasteiger partial charge in [-0.25, -0.2) is 0 Å². The van der Waals surface area contributed by atoms with E-state index in [0.29, 0.717) is 26.4 Å². The van der Waals surface area contributed by atoms with Crippen molar-refractivity contribution < 1.29 is 14.2 Å². The van der Waals surface area contributed by atoms with Crippen molar-refractivity contribution in [1.29, 1.82) is 0 Å². The molecule has 0 aliphatic heterocycles. The Morgan fingerprint density at radius 2 is 2.05 bits per heavy atom. The zero-order valence-electron chi connectivity index (χ0n) is 12.8. The summed E-state index contributed by atoms with van der Waals surface area (Å²) in [6.45, 7) is 7.68. The normalized spacial score (nSPS) is 10.4. The van der Waals surface area contributed by atoms with Gasteiger partial charge in [-0.1, -0.05) is 12.1 Å². The van der Waals surface area contributed by atoms with Crippen molar-refractivity contribution in [3.05, 3.63) is 36.4 Å². The van der Waals surface area contributed by atoms with Crippen LogP contribution in [0.15, 0.2) is 30.9 Å². The Morgan fingerprint density at radius 3 is 2.76 bits per heavy atom. The summed E-state index contributed by atoms with van der Waals surface area (Å²) in [7, 11) is 1.64. The van der Waals surface area contributed by atoms with Gasteiger partial charge in [0.25, 0.3) is 0 Å². The molecule has 1 rings (SSSR count). The molecule has 3 N–H and O–H groups in total. The average Bonchev–Trinajstić information content (AvgIpc) is 2.51. The highest BCUT2D eigenvalue weighted by molar-refractivity contribution is 5.43. The van der Waals surface area contributed by atoms with E-state index in [1.807, 2.05) is 24.3 Å². The van der Waals surface area contributed by atoms with Crippen LogP contribution >= 0.6 is 0 Å². The standard InChI is InChI=1S/C16H26N2O3/c1-3-4-14-5-6-15(16(13-14)19-2)21-12-11-20-10-9-18-8-7-17/h3,5-6,13,18H,1,4,7-12,17H2,2H3. The molecular weight excluding hydrogens is 268 g/mol. The minimum atomic E-state index is 0.494. The summed E-state index contributed by atoms with van der Waals surface area (Å²) in [5.74, 6) is 1.47. The predicted molar refractivity (Wildman–Crippen MR) is 85.1 cm³/mol. The lowest BCUT2D eigenvalue weighted by atomic mass is 10.1. The van der Waals surface area contributed by atoms with Crippen molar-refractivity contribution in [3.63, 3.8) is 0 Å². The molecule has 5 nitrogen and oxygen atoms in total. The van der Waals surface area contributed by atoms with Gasteiger partial charge in [-0.15, -0.1) is 6.58 Å². The first kappa shape index (κ1) is 17.5. The van der Waals surface area contributed by atoms with Crippen LogP contribution in [0.1, 0.15) is 5.56 Å². The molecule has 5 heteroatoms. The number of nitrogens with two attached hydrogens (primary N) is 1. The molecule has 0 aliphatic rings. The molecule has 0 aromatic heterocycles. The molecule has 0 atom stereocenters. The SMILES string of the molecule is C=CCc1ccc(OCCOCCNCCN)c(OC)c1. The van der Waals surface area contributed by atoms with Gasteiger partial charge in [-0.3, -0.25) is 0 Å². The van der Waals surface area contributed by atoms with Crippen molar-refractivity contribution in [3.8, 4) is 11.5 Å². The van der Waals surface area contributed by atoms with Gasteiger partial charge in [0.2, 0.25) is 0 Å². The molecule has 1 aromatic rings. The summed E-state index contributed by atoms with van der Waals surface area (Å²) in [5, 5.41) is 3.16. The monoisotopic (exact) mass is 294 g/mol. The lowest BCUT2D eigenvalue weighted by molar-refractivity contribution is 0.101. The number of benzene rings is 1. The van der Waals surface area contributed by atoms with Crippen molar-refractivity contribution in [1.82, 2.24) is 5.32 Å². The second-order valence-corrected chi connectivity index (χ2v) is 4.48. The quantitative estimate of drug-likeness (QED) is 0.450. The van der Waals surface area contributed by atoms with Gasteiger partial charge in [-0.2, -0.15) is 0 Å². The maximum atomic E-state index is 5.67. The number of hydrogen-bond acceptors (Lipinski definition) is 5. The number of allylic oxidation sites excluding steroid dienone is 1. The van der Waals surface area contributed by atoms with Crippen LogP contribution < -0.4 is 20.5 Å². The Hall–Kier alpha value is -1.56. The first-order valence-electron chi connectivity index (χ1n) is 7.21. The molecule has 1 aromatic carbocycles. The zero-order chi connectivity index (χ0) is 15.3. The van der Waals surface area contributed by atoms with Crippen LogP contribution in [0.25, 0.3) is 0 Å². The largest absolute Gasteiger partial charge is 0.493 e. The first-order chi connectivity index (χ1) is 10.3. The van der Waals surface area contributed by atoms with Gasteiger partial charge in [0, 0.05) is 19.6 Å². The van der Waals surface area contributed by atoms with E-state index in [2.05, 4.69) is 11.9 Å². The van der Waals surface area contributed by atoms with Gasteiger partial charge in [-0.05, 0) is 24.1 Å². The molecule has 0 amide bonds. The fourth-order valence-electron chi connectivity index (χ4n) is 1.81. The molecule has 21 heavy (non-hydrogen) atoms. The Kier molecular flexibility index (Phi) is 9.28. The minimum Gasteiger partial charge on any atom is -0.493 e. The van der Waals surface area contributed by atoms with Crippen molar-refractivity contribution >= 4 is 0 Å². The number of rotatable bonds is 12. The summed E-state index contributed by atoms with van der Waals surface area (Å²) in [4.78, 5) is 0. The van der Waals surface area contributed by atoms with Crippen molar-refractivity contribution in [2.75, 3.05) is 46.6 Å². The molecule has 0 aliphatic carbocycles. The van der Waals surface area contributed by atoms with Crippen LogP contribution in [0.3, 0.4) is 0 Å². The Labute approximate surface area is 127 Å². The van der Waals surface area contributed by atoms with Gasteiger partial charge in [0.1, 0.15) is 6.61 Å². The number of hydrogen-bond donors (Lipinski definition) is 2. The zero-order valence-corrected chi connectivity index (χ0v) is 12.8. The number of methoxy groups -OCH3 is 1. The molecule has 0 saturated heterocycles. The fraction of sp³-hybridized carbons (Fsp3) is 0.500. The van der Waals surface area contributed by atoms with E-state index in [1.54, 1.807) is 7.11 Å². The molecular formula is C16H26N2O3. The van der Waals surface area contributed by atoms with Crippen molar-refractivity contribution in [2.24, 2.45) is 5.73 Å². The third-order valence-electron chi connectivity index (χ3n) is 2.84. The van der Waals surface area contributed by atoms with E-state index in [-0.39, 0.29) is 0 Å². The number of ether oxygens (including phenoxy) is 3. The van der Waals surface area contributed by atoms with E-state index in [9.17, 15) is 0 Å². The van der Waals surface area contributed by atoms with Crippen LogP contribution in [0.2, 0.25) is 0 Å². The molecule has 0 spiro atoms. The summed E-state index contributed by atoms with van der Waals surface area (Å²) in [6, 6.07) is 5.90. The van der Waals surface area contributed by atoms with E-state index >= 15 is 0 Å². The second-order valence-electron chi connectivity index (χ2n) is 4.48. The summed E-state index contributed by atoms with van der Waals surface area (Å²) in [5.41, 5.74) is 6.52. The Bertz CT molecular complexity index is 411. The fourth-order valence-corrected chi connectivity index (χ4v) is 1.81. The lowest BCUT2D eigenvalue weighted by Crippen LogP contribution is -2.26. The Morgan fingerprint density at radius 1 is 1.19 bits per heavy atom. The van der Waals surface area contributed by atoms with E-state index in [0.717, 1.165) is 36.6 Å². The Balaban J connectivity index is 2.26. The average molecular weight is 294 g/mol. The maximum absolute atomic E-state index is 5.67. The highest BCUT2D eigenvalue weighted by atomic mass is 16.5. The molecule has 0 radical (unpaired) electrons. The van der Waals surface area contributed by atoms with Crippen LogP contribution in [0.4, 0.5) is 0 Å². The summed E-state index contributed by atoms with van der Waals surface area (Å²) < 4.78 is 16.5. The van der Waals surface area contributed by atoms with Crippen LogP contribution in [0.5, 0.6) is 11.5 Å². The molecule has 0 bridgehead atoms. The van der Waals surface area contributed by atoms with E-state index in [1.165, 1.54) is 0 Å².